The molecule has 1 spiro atoms. The van der Waals surface area contributed by atoms with Gasteiger partial charge in [0.1, 0.15) is 17.2 Å². The fraction of sp³-hybridized carbons (Fsp3) is 0.545. The molecular formula is C22H24F5N7O. The van der Waals surface area contributed by atoms with E-state index >= 15 is 0 Å². The van der Waals surface area contributed by atoms with E-state index in [9.17, 15) is 22.0 Å². The van der Waals surface area contributed by atoms with Crippen LogP contribution in [0.3, 0.4) is 0 Å². The number of fused-ring (bicyclic) bond motifs is 1. The number of pyridine rings is 1. The number of nitrogens with zero attached hydrogens (tertiary/aromatic N) is 7. The Morgan fingerprint density at radius 1 is 1.00 bits per heavy atom. The molecule has 0 aromatic carbocycles. The Morgan fingerprint density at radius 2 is 1.74 bits per heavy atom. The zero-order valence-corrected chi connectivity index (χ0v) is 18.8. The first kappa shape index (κ1) is 23.6. The molecule has 0 N–H and O–H groups in total. The van der Waals surface area contributed by atoms with Crippen molar-refractivity contribution in [3.63, 3.8) is 0 Å². The highest BCUT2D eigenvalue weighted by molar-refractivity contribution is 5.71. The fourth-order valence-corrected chi connectivity index (χ4v) is 4.90. The summed E-state index contributed by atoms with van der Waals surface area (Å²) in [7, 11) is 0. The van der Waals surface area contributed by atoms with Gasteiger partial charge in [0.2, 0.25) is 0 Å². The van der Waals surface area contributed by atoms with Gasteiger partial charge in [0.25, 0.3) is 0 Å². The number of piperidine rings is 1. The smallest absolute Gasteiger partial charge is 0.356 e. The van der Waals surface area contributed by atoms with Gasteiger partial charge in [-0.1, -0.05) is 0 Å². The lowest BCUT2D eigenvalue weighted by Gasteiger charge is -2.39. The number of aromatic nitrogens is 5. The van der Waals surface area contributed by atoms with Gasteiger partial charge in [0, 0.05) is 32.4 Å². The number of hydrogen-bond donors (Lipinski definition) is 0. The number of anilines is 2. The lowest BCUT2D eigenvalue weighted by Crippen LogP contribution is -2.42. The van der Waals surface area contributed by atoms with Crippen LogP contribution < -0.4 is 9.80 Å². The standard InChI is InChI=1S/C22H24F5N7O/c23-20(24)35-10-9-34-19-16(12-30-34)29-13-18(31-19)32-6-2-21(3-7-32)4-8-33(14-21)17-11-15(1-5-28-17)22(25,26)27/h1,5,11-13,20H,2-4,6-10,14H2. The molecule has 0 aliphatic carbocycles. The van der Waals surface area contributed by atoms with E-state index in [1.165, 1.54) is 17.1 Å². The van der Waals surface area contributed by atoms with Crippen molar-refractivity contribution in [2.45, 2.75) is 38.6 Å². The highest BCUT2D eigenvalue weighted by atomic mass is 19.4. The Kier molecular flexibility index (Phi) is 6.20. The molecule has 2 aliphatic heterocycles. The zero-order chi connectivity index (χ0) is 24.6. The lowest BCUT2D eigenvalue weighted by molar-refractivity contribution is -0.137. The summed E-state index contributed by atoms with van der Waals surface area (Å²) in [5, 5.41) is 4.16. The summed E-state index contributed by atoms with van der Waals surface area (Å²) in [6, 6.07) is 2.11. The van der Waals surface area contributed by atoms with Crippen LogP contribution in [0.1, 0.15) is 24.8 Å². The average molecular weight is 497 g/mol. The summed E-state index contributed by atoms with van der Waals surface area (Å²) in [6.07, 6.45) is 2.65. The first-order valence-electron chi connectivity index (χ1n) is 11.3. The van der Waals surface area contributed by atoms with E-state index < -0.39 is 18.4 Å². The van der Waals surface area contributed by atoms with E-state index in [2.05, 4.69) is 29.7 Å². The van der Waals surface area contributed by atoms with Crippen molar-refractivity contribution in [1.82, 2.24) is 24.7 Å². The van der Waals surface area contributed by atoms with E-state index in [1.54, 1.807) is 6.20 Å². The summed E-state index contributed by atoms with van der Waals surface area (Å²) in [5.41, 5.74) is 0.396. The normalized spacial score (nSPS) is 18.3. The number of ether oxygens (including phenoxy) is 1. The molecular weight excluding hydrogens is 473 g/mol. The van der Waals surface area contributed by atoms with Crippen molar-refractivity contribution >= 4 is 22.8 Å². The van der Waals surface area contributed by atoms with E-state index in [0.717, 1.165) is 44.5 Å². The predicted molar refractivity (Wildman–Crippen MR) is 117 cm³/mol. The van der Waals surface area contributed by atoms with Crippen LogP contribution in [0.5, 0.6) is 0 Å². The molecule has 2 fully saturated rings. The minimum Gasteiger partial charge on any atom is -0.356 e. The molecule has 0 amide bonds. The molecule has 0 radical (unpaired) electrons. The Balaban J connectivity index is 1.23. The van der Waals surface area contributed by atoms with Crippen LogP contribution in [0.2, 0.25) is 0 Å². The van der Waals surface area contributed by atoms with Crippen molar-refractivity contribution in [2.24, 2.45) is 5.41 Å². The van der Waals surface area contributed by atoms with Crippen LogP contribution in [0.25, 0.3) is 11.2 Å². The molecule has 188 valence electrons. The summed E-state index contributed by atoms with van der Waals surface area (Å²) in [5.74, 6) is 1.04. The van der Waals surface area contributed by atoms with E-state index in [0.29, 0.717) is 35.9 Å². The Hall–Kier alpha value is -3.09. The topological polar surface area (TPSA) is 72.2 Å². The molecule has 3 aromatic heterocycles. The zero-order valence-electron chi connectivity index (χ0n) is 18.8. The number of rotatable bonds is 6. The van der Waals surface area contributed by atoms with E-state index in [1.807, 2.05) is 4.90 Å². The monoisotopic (exact) mass is 497 g/mol. The molecule has 13 heteroatoms. The minimum absolute atomic E-state index is 0.0122. The van der Waals surface area contributed by atoms with Gasteiger partial charge in [-0.3, -0.25) is 0 Å². The molecule has 3 aromatic rings. The van der Waals surface area contributed by atoms with Crippen molar-refractivity contribution in [3.05, 3.63) is 36.3 Å². The van der Waals surface area contributed by atoms with E-state index in [-0.39, 0.29) is 18.6 Å². The van der Waals surface area contributed by atoms with Gasteiger partial charge in [-0.25, -0.2) is 19.6 Å². The molecule has 0 unspecified atom stereocenters. The van der Waals surface area contributed by atoms with Gasteiger partial charge in [-0.15, -0.1) is 0 Å². The van der Waals surface area contributed by atoms with Crippen molar-refractivity contribution in [3.8, 4) is 0 Å². The maximum atomic E-state index is 13.1. The van der Waals surface area contributed by atoms with Gasteiger partial charge >= 0.3 is 12.8 Å². The third-order valence-electron chi connectivity index (χ3n) is 6.86. The number of hydrogen-bond acceptors (Lipinski definition) is 7. The molecule has 35 heavy (non-hydrogen) atoms. The predicted octanol–water partition coefficient (Wildman–Crippen LogP) is 3.98. The molecule has 2 saturated heterocycles. The van der Waals surface area contributed by atoms with Crippen LogP contribution in [-0.2, 0) is 17.5 Å². The summed E-state index contributed by atoms with van der Waals surface area (Å²) < 4.78 is 69.6. The maximum Gasteiger partial charge on any atom is 0.416 e. The second-order valence-corrected chi connectivity index (χ2v) is 9.00. The van der Waals surface area contributed by atoms with Crippen LogP contribution in [0.15, 0.2) is 30.7 Å². The molecule has 0 atom stereocenters. The second kappa shape index (κ2) is 9.17. The van der Waals surface area contributed by atoms with Crippen LogP contribution in [0.4, 0.5) is 33.6 Å². The molecule has 5 heterocycles. The Morgan fingerprint density at radius 3 is 2.46 bits per heavy atom. The van der Waals surface area contributed by atoms with Gasteiger partial charge in [-0.2, -0.15) is 27.1 Å². The molecule has 8 nitrogen and oxygen atoms in total. The highest BCUT2D eigenvalue weighted by Gasteiger charge is 2.42. The van der Waals surface area contributed by atoms with Gasteiger partial charge < -0.3 is 14.5 Å². The summed E-state index contributed by atoms with van der Waals surface area (Å²) in [4.78, 5) is 17.3. The molecule has 0 bridgehead atoms. The second-order valence-electron chi connectivity index (χ2n) is 9.00. The summed E-state index contributed by atoms with van der Waals surface area (Å²) >= 11 is 0. The quantitative estimate of drug-likeness (QED) is 0.477. The Labute approximate surface area is 197 Å². The molecule has 5 rings (SSSR count). The Bertz CT molecular complexity index is 1180. The van der Waals surface area contributed by atoms with Gasteiger partial charge in [-0.05, 0) is 36.8 Å². The highest BCUT2D eigenvalue weighted by Crippen LogP contribution is 2.42. The van der Waals surface area contributed by atoms with Crippen molar-refractivity contribution in [2.75, 3.05) is 42.6 Å². The third kappa shape index (κ3) is 5.00. The number of alkyl halides is 5. The first-order chi connectivity index (χ1) is 16.7. The molecule has 0 saturated carbocycles. The van der Waals surface area contributed by atoms with Crippen molar-refractivity contribution in [1.29, 1.82) is 0 Å². The minimum atomic E-state index is -4.39. The number of halogens is 5. The van der Waals surface area contributed by atoms with E-state index in [4.69, 9.17) is 0 Å². The van der Waals surface area contributed by atoms with Crippen molar-refractivity contribution < 1.29 is 26.7 Å². The summed E-state index contributed by atoms with van der Waals surface area (Å²) in [6.45, 7) is -0.107. The van der Waals surface area contributed by atoms with Crippen LogP contribution in [0, 0.1) is 5.41 Å². The van der Waals surface area contributed by atoms with Crippen LogP contribution in [-0.4, -0.2) is 64.1 Å². The largest absolute Gasteiger partial charge is 0.416 e. The van der Waals surface area contributed by atoms with Gasteiger partial charge in [0.05, 0.1) is 31.1 Å². The average Bonchev–Trinajstić information content (AvgIpc) is 3.43. The van der Waals surface area contributed by atoms with Gasteiger partial charge in [0.15, 0.2) is 5.65 Å². The SMILES string of the molecule is FC(F)OCCn1ncc2ncc(N3CCC4(CCN(c5cc(C(F)(F)F)ccn5)C4)CC3)nc21. The van der Waals surface area contributed by atoms with Crippen LogP contribution >= 0.6 is 0 Å². The third-order valence-corrected chi connectivity index (χ3v) is 6.86. The fourth-order valence-electron chi connectivity index (χ4n) is 4.90. The molecule has 2 aliphatic rings. The lowest BCUT2D eigenvalue weighted by atomic mass is 9.78. The first-order valence-corrected chi connectivity index (χ1v) is 11.3. The maximum absolute atomic E-state index is 13.1.